The van der Waals surface area contributed by atoms with Crippen molar-refractivity contribution in [3.05, 3.63) is 0 Å². The van der Waals surface area contributed by atoms with Crippen LogP contribution in [-0.4, -0.2) is 23.9 Å². The Morgan fingerprint density at radius 3 is 2.62 bits per heavy atom. The lowest BCUT2D eigenvalue weighted by atomic mass is 9.81. The molecule has 1 amide bonds. The van der Waals surface area contributed by atoms with Gasteiger partial charge in [0.05, 0.1) is 0 Å². The van der Waals surface area contributed by atoms with Crippen LogP contribution >= 0.6 is 0 Å². The van der Waals surface area contributed by atoms with Crippen molar-refractivity contribution >= 4 is 11.7 Å². The Balaban J connectivity index is 2.83. The van der Waals surface area contributed by atoms with Gasteiger partial charge in [-0.2, -0.15) is 0 Å². The zero-order valence-electron chi connectivity index (χ0n) is 8.00. The molecule has 1 aliphatic heterocycles. The number of hydrogen-bond donors (Lipinski definition) is 1. The second kappa shape index (κ2) is 3.46. The quantitative estimate of drug-likeness (QED) is 0.627. The number of carbonyl (C=O) groups is 2. The lowest BCUT2D eigenvalue weighted by Crippen LogP contribution is -2.52. The van der Waals surface area contributed by atoms with Crippen LogP contribution in [0.3, 0.4) is 0 Å². The molecule has 1 rings (SSSR count). The topological polar surface area (TPSA) is 69.4 Å². The van der Waals surface area contributed by atoms with Crippen LogP contribution in [0.2, 0.25) is 0 Å². The van der Waals surface area contributed by atoms with Crippen molar-refractivity contribution < 1.29 is 14.3 Å². The van der Waals surface area contributed by atoms with Crippen LogP contribution < -0.4 is 5.73 Å². The molecule has 2 N–H and O–H groups in total. The molecule has 4 nitrogen and oxygen atoms in total. The van der Waals surface area contributed by atoms with Gasteiger partial charge in [-0.1, -0.05) is 6.92 Å². The van der Waals surface area contributed by atoms with Crippen molar-refractivity contribution in [3.63, 3.8) is 0 Å². The molecule has 1 fully saturated rings. The molecule has 4 heteroatoms. The zero-order valence-corrected chi connectivity index (χ0v) is 8.00. The monoisotopic (exact) mass is 185 g/mol. The van der Waals surface area contributed by atoms with E-state index in [1.165, 1.54) is 0 Å². The summed E-state index contributed by atoms with van der Waals surface area (Å²) in [5.74, 6) is -1.46. The van der Waals surface area contributed by atoms with Crippen molar-refractivity contribution in [2.75, 3.05) is 6.61 Å². The Morgan fingerprint density at radius 1 is 1.54 bits per heavy atom. The van der Waals surface area contributed by atoms with Gasteiger partial charge in [-0.25, -0.2) is 0 Å². The molecule has 0 aliphatic carbocycles. The molecule has 0 spiro atoms. The first-order chi connectivity index (χ1) is 5.98. The molecule has 74 valence electrons. The second-order valence-corrected chi connectivity index (χ2v) is 3.69. The molecule has 1 saturated heterocycles. The molecule has 1 heterocycles. The maximum absolute atomic E-state index is 11.4. The maximum Gasteiger partial charge on any atom is 0.287 e. The molecule has 13 heavy (non-hydrogen) atoms. The van der Waals surface area contributed by atoms with Crippen LogP contribution in [-0.2, 0) is 14.3 Å². The molecular weight excluding hydrogens is 170 g/mol. The Hall–Kier alpha value is -0.900. The van der Waals surface area contributed by atoms with E-state index in [9.17, 15) is 9.59 Å². The molecule has 1 aliphatic rings. The fourth-order valence-corrected chi connectivity index (χ4v) is 1.63. The summed E-state index contributed by atoms with van der Waals surface area (Å²) in [6.07, 6.45) is 1.83. The van der Waals surface area contributed by atoms with Crippen LogP contribution in [0.25, 0.3) is 0 Å². The first-order valence-corrected chi connectivity index (χ1v) is 4.46. The van der Waals surface area contributed by atoms with Crippen LogP contribution in [0, 0.1) is 5.92 Å². The van der Waals surface area contributed by atoms with E-state index in [0.29, 0.717) is 6.61 Å². The molecule has 0 saturated carbocycles. The van der Waals surface area contributed by atoms with E-state index >= 15 is 0 Å². The Labute approximate surface area is 77.4 Å². The van der Waals surface area contributed by atoms with Crippen molar-refractivity contribution in [1.82, 2.24) is 0 Å². The molecular formula is C9H15NO3. The average molecular weight is 185 g/mol. The van der Waals surface area contributed by atoms with E-state index in [2.05, 4.69) is 0 Å². The van der Waals surface area contributed by atoms with Crippen LogP contribution in [0.1, 0.15) is 26.7 Å². The zero-order chi connectivity index (χ0) is 10.1. The first-order valence-electron chi connectivity index (χ1n) is 4.46. The Bertz CT molecular complexity index is 239. The highest BCUT2D eigenvalue weighted by Crippen LogP contribution is 2.31. The van der Waals surface area contributed by atoms with E-state index in [-0.39, 0.29) is 5.92 Å². The standard InChI is InChI=1S/C9H15NO3/c1-6-4-3-5-13-9(6,2)7(11)8(10)12/h6H,3-5H2,1-2H3,(H2,10,12)/t6-,9-/m1/s1. The Morgan fingerprint density at radius 2 is 2.15 bits per heavy atom. The normalized spacial score (nSPS) is 34.2. The minimum absolute atomic E-state index is 0.0567. The van der Waals surface area contributed by atoms with Gasteiger partial charge in [0.2, 0.25) is 0 Å². The summed E-state index contributed by atoms with van der Waals surface area (Å²) in [6.45, 7) is 4.07. The highest BCUT2D eigenvalue weighted by molar-refractivity contribution is 6.38. The fourth-order valence-electron chi connectivity index (χ4n) is 1.63. The summed E-state index contributed by atoms with van der Waals surface area (Å²) in [5, 5.41) is 0. The number of nitrogens with two attached hydrogens (primary N) is 1. The minimum atomic E-state index is -0.996. The van der Waals surface area contributed by atoms with E-state index in [4.69, 9.17) is 10.5 Å². The SMILES string of the molecule is C[C@@H]1CCCO[C@@]1(C)C(=O)C(N)=O. The summed E-state index contributed by atoms with van der Waals surface area (Å²) in [6, 6.07) is 0. The molecule has 0 unspecified atom stereocenters. The number of hydrogen-bond acceptors (Lipinski definition) is 3. The molecule has 0 aromatic rings. The van der Waals surface area contributed by atoms with Gasteiger partial charge in [0.1, 0.15) is 5.60 Å². The van der Waals surface area contributed by atoms with Crippen LogP contribution in [0.5, 0.6) is 0 Å². The minimum Gasteiger partial charge on any atom is -0.367 e. The molecule has 0 bridgehead atoms. The molecule has 0 aromatic heterocycles. The highest BCUT2D eigenvalue weighted by Gasteiger charge is 2.44. The number of carbonyl (C=O) groups excluding carboxylic acids is 2. The first kappa shape index (κ1) is 10.2. The van der Waals surface area contributed by atoms with Crippen molar-refractivity contribution in [2.45, 2.75) is 32.3 Å². The van der Waals surface area contributed by atoms with Crippen LogP contribution in [0.4, 0.5) is 0 Å². The summed E-state index contributed by atoms with van der Waals surface area (Å²) < 4.78 is 5.35. The number of primary amides is 1. The van der Waals surface area contributed by atoms with E-state index < -0.39 is 17.3 Å². The Kier molecular flexibility index (Phi) is 2.71. The number of ketones is 1. The third-order valence-electron chi connectivity index (χ3n) is 2.80. The van der Waals surface area contributed by atoms with Gasteiger partial charge in [-0.15, -0.1) is 0 Å². The highest BCUT2D eigenvalue weighted by atomic mass is 16.5. The second-order valence-electron chi connectivity index (χ2n) is 3.69. The molecule has 0 radical (unpaired) electrons. The fraction of sp³-hybridized carbons (Fsp3) is 0.778. The largest absolute Gasteiger partial charge is 0.367 e. The summed E-state index contributed by atoms with van der Waals surface area (Å²) in [7, 11) is 0. The lowest BCUT2D eigenvalue weighted by Gasteiger charge is -2.37. The van der Waals surface area contributed by atoms with Crippen molar-refractivity contribution in [1.29, 1.82) is 0 Å². The van der Waals surface area contributed by atoms with Crippen molar-refractivity contribution in [2.24, 2.45) is 11.7 Å². The third-order valence-corrected chi connectivity index (χ3v) is 2.80. The van der Waals surface area contributed by atoms with Gasteiger partial charge in [0.25, 0.3) is 11.7 Å². The maximum atomic E-state index is 11.4. The lowest BCUT2D eigenvalue weighted by molar-refractivity contribution is -0.162. The predicted molar refractivity (Wildman–Crippen MR) is 47.0 cm³/mol. The van der Waals surface area contributed by atoms with Gasteiger partial charge in [-0.05, 0) is 25.7 Å². The average Bonchev–Trinajstić information content (AvgIpc) is 2.09. The number of rotatable bonds is 2. The van der Waals surface area contributed by atoms with Crippen LogP contribution in [0.15, 0.2) is 0 Å². The smallest absolute Gasteiger partial charge is 0.287 e. The van der Waals surface area contributed by atoms with E-state index in [0.717, 1.165) is 12.8 Å². The molecule has 2 atom stereocenters. The third kappa shape index (κ3) is 1.72. The van der Waals surface area contributed by atoms with E-state index in [1.807, 2.05) is 6.92 Å². The van der Waals surface area contributed by atoms with Gasteiger partial charge >= 0.3 is 0 Å². The number of ether oxygens (including phenoxy) is 1. The van der Waals surface area contributed by atoms with Gasteiger partial charge in [0.15, 0.2) is 0 Å². The number of Topliss-reactive ketones (excluding diaryl/α,β-unsaturated/α-hetero) is 1. The molecule has 0 aromatic carbocycles. The van der Waals surface area contributed by atoms with Crippen molar-refractivity contribution in [3.8, 4) is 0 Å². The van der Waals surface area contributed by atoms with Gasteiger partial charge in [-0.3, -0.25) is 9.59 Å². The van der Waals surface area contributed by atoms with E-state index in [1.54, 1.807) is 6.92 Å². The summed E-state index contributed by atoms with van der Waals surface area (Å²) in [4.78, 5) is 22.2. The predicted octanol–water partition coefficient (Wildman–Crippen LogP) is 0.246. The summed E-state index contributed by atoms with van der Waals surface area (Å²) >= 11 is 0. The summed E-state index contributed by atoms with van der Waals surface area (Å²) in [5.41, 5.74) is 3.95. The number of amides is 1. The van der Waals surface area contributed by atoms with Gasteiger partial charge in [0, 0.05) is 6.61 Å². The van der Waals surface area contributed by atoms with Gasteiger partial charge < -0.3 is 10.5 Å².